The smallest absolute Gasteiger partial charge is 0.759 e. The third-order valence-corrected chi connectivity index (χ3v) is 9.92. The van der Waals surface area contributed by atoms with Crippen LogP contribution in [0.15, 0.2) is 11.6 Å². The Labute approximate surface area is 269 Å². The zero-order valence-corrected chi connectivity index (χ0v) is 27.1. The minimum atomic E-state index is -5.17. The first kappa shape index (κ1) is 24.4. The van der Waals surface area contributed by atoms with E-state index in [9.17, 15) is 5.11 Å². The summed E-state index contributed by atoms with van der Waals surface area (Å²) >= 11 is 0. The molecule has 3 saturated carbocycles. The maximum atomic E-state index is 10.2. The van der Waals surface area contributed by atoms with Crippen LogP contribution in [0.5, 0.6) is 0 Å². The van der Waals surface area contributed by atoms with Gasteiger partial charge in [0, 0.05) is 20.0 Å². The van der Waals surface area contributed by atoms with E-state index in [0.29, 0.717) is 36.0 Å². The van der Waals surface area contributed by atoms with E-state index >= 15 is 0 Å². The van der Waals surface area contributed by atoms with Crippen molar-refractivity contribution in [2.45, 2.75) is 111 Å². The van der Waals surface area contributed by atoms with Gasteiger partial charge in [0.25, 0.3) is 0 Å². The first-order valence-corrected chi connectivity index (χ1v) is 13.9. The molecular weight excluding hydrogens is 482 g/mol. The van der Waals surface area contributed by atoms with Gasteiger partial charge in [0.1, 0.15) is 0 Å². The van der Waals surface area contributed by atoms with Crippen LogP contribution in [-0.2, 0) is 10.4 Å². The van der Waals surface area contributed by atoms with Crippen molar-refractivity contribution in [1.29, 1.82) is 0 Å². The van der Waals surface area contributed by atoms with E-state index in [-0.39, 0.29) is 82.5 Å². The van der Waals surface area contributed by atoms with E-state index in [1.165, 1.54) is 31.3 Å². The minimum Gasteiger partial charge on any atom is -0.759 e. The molecule has 5 nitrogen and oxygen atoms in total. The Morgan fingerprint density at radius 1 is 1.11 bits per heavy atom. The summed E-state index contributed by atoms with van der Waals surface area (Å²) in [6.07, 6.45) is 12.4. The van der Waals surface area contributed by atoms with Crippen molar-refractivity contribution in [3.8, 4) is 0 Å². The fourth-order valence-corrected chi connectivity index (χ4v) is 8.42. The number of fused-ring (bicyclic) bond motifs is 5. The van der Waals surface area contributed by atoms with Gasteiger partial charge >= 0.3 is 59.1 Å². The van der Waals surface area contributed by atoms with Gasteiger partial charge in [-0.25, -0.2) is 0 Å². The Kier molecular flexibility index (Phi) is 9.59. The molecule has 8 atom stereocenters. The summed E-state index contributed by atoms with van der Waals surface area (Å²) in [4.78, 5) is 0. The normalized spacial score (nSPS) is 42.9. The standard InChI is InChI=1S/C27H46O.2Na.H2O4S/c1-18(2)7-6-8-19(3)23-11-12-24-22-10-9-20-17-21(28)13-15-26(20,4)25(22)14-16-27(23,24)5;;;1-5(2,3)4/h9,18-19,21-25,28H,6-8,10-17H2,1-5H3;;;(H2,1,2,3,4)/q;2*+1;/p-2/t19-,21+,22?,23-,24?,25?,26+,27-;;;/m1.../s1/i1D3,2D3,18D;;;. The maximum Gasteiger partial charge on any atom is 1.00 e. The predicted octanol–water partition coefficient (Wildman–Crippen LogP) is 0.0587. The number of aliphatic hydroxyl groups excluding tert-OH is 1. The van der Waals surface area contributed by atoms with Gasteiger partial charge in [-0.15, -0.1) is 0 Å². The van der Waals surface area contributed by atoms with Crippen LogP contribution < -0.4 is 59.1 Å². The van der Waals surface area contributed by atoms with Gasteiger partial charge in [0.15, 0.2) is 0 Å². The van der Waals surface area contributed by atoms with Crippen molar-refractivity contribution in [3.05, 3.63) is 11.6 Å². The summed E-state index contributed by atoms with van der Waals surface area (Å²) in [5.74, 6) is 0.700. The third-order valence-electron chi connectivity index (χ3n) is 9.92. The molecule has 3 unspecified atom stereocenters. The largest absolute Gasteiger partial charge is 1.00 e. The second-order valence-electron chi connectivity index (χ2n) is 11.6. The molecule has 0 aromatic carbocycles. The average Bonchev–Trinajstić information content (AvgIpc) is 3.14. The van der Waals surface area contributed by atoms with Gasteiger partial charge in [-0.05, 0) is 97.7 Å². The Morgan fingerprint density at radius 3 is 2.40 bits per heavy atom. The van der Waals surface area contributed by atoms with E-state index < -0.39 is 30.0 Å². The van der Waals surface area contributed by atoms with Crippen molar-refractivity contribution < 1.29 is 91.3 Å². The molecule has 4 rings (SSSR count). The number of rotatable bonds is 5. The van der Waals surface area contributed by atoms with Crippen LogP contribution in [0.4, 0.5) is 0 Å². The van der Waals surface area contributed by atoms with Crippen molar-refractivity contribution >= 4 is 10.4 Å². The Balaban J connectivity index is 0.00000116. The SMILES string of the molecule is O=S(=O)([O-])[O-].[2H]C([2H])([2H])C([2H])(CCC[C@@H](C)[C@H]1CCC2C3CC=C4C[C@@H](O)CC[C@]4(C)C3CC[C@@]21C)C([2H])([2H])[2H].[Na+].[Na+]. The van der Waals surface area contributed by atoms with Crippen molar-refractivity contribution in [3.63, 3.8) is 0 Å². The first-order valence-electron chi connectivity index (χ1n) is 16.1. The molecule has 0 aromatic rings. The van der Waals surface area contributed by atoms with Crippen LogP contribution in [0.3, 0.4) is 0 Å². The van der Waals surface area contributed by atoms with E-state index in [1.54, 1.807) is 0 Å². The number of hydrogen-bond acceptors (Lipinski definition) is 5. The topological polar surface area (TPSA) is 100 Å². The molecule has 1 N–H and O–H groups in total. The van der Waals surface area contributed by atoms with Gasteiger partial charge in [-0.1, -0.05) is 65.4 Å². The van der Waals surface area contributed by atoms with E-state index in [0.717, 1.165) is 32.1 Å². The average molecular weight is 536 g/mol. The Morgan fingerprint density at radius 2 is 1.77 bits per heavy atom. The molecule has 8 heteroatoms. The summed E-state index contributed by atoms with van der Waals surface area (Å²) in [6.45, 7) is 1.59. The van der Waals surface area contributed by atoms with E-state index in [2.05, 4.69) is 26.8 Å². The molecule has 0 amide bonds. The maximum absolute atomic E-state index is 10.2. The Bertz CT molecular complexity index is 1030. The quantitative estimate of drug-likeness (QED) is 0.232. The molecule has 0 spiro atoms. The van der Waals surface area contributed by atoms with Gasteiger partial charge < -0.3 is 14.2 Å². The molecule has 3 fully saturated rings. The third kappa shape index (κ3) is 8.28. The molecule has 0 bridgehead atoms. The van der Waals surface area contributed by atoms with Gasteiger partial charge in [0.05, 0.1) is 6.10 Å². The Hall–Kier alpha value is 1.57. The zero-order valence-electron chi connectivity index (χ0n) is 29.3. The van der Waals surface area contributed by atoms with Gasteiger partial charge in [-0.3, -0.25) is 8.42 Å². The molecule has 192 valence electrons. The predicted molar refractivity (Wildman–Crippen MR) is 130 cm³/mol. The van der Waals surface area contributed by atoms with Crippen LogP contribution in [0, 0.1) is 46.3 Å². The molecule has 0 aromatic heterocycles. The molecule has 4 aliphatic rings. The van der Waals surface area contributed by atoms with Crippen LogP contribution in [0.1, 0.15) is 115 Å². The fraction of sp³-hybridized carbons (Fsp3) is 0.926. The summed E-state index contributed by atoms with van der Waals surface area (Å²) < 4.78 is 88.6. The van der Waals surface area contributed by atoms with Crippen LogP contribution in [0.25, 0.3) is 0 Å². The van der Waals surface area contributed by atoms with Crippen LogP contribution in [-0.4, -0.2) is 28.7 Å². The monoisotopic (exact) mass is 535 g/mol. The molecule has 0 aliphatic heterocycles. The van der Waals surface area contributed by atoms with Crippen molar-refractivity contribution in [1.82, 2.24) is 0 Å². The van der Waals surface area contributed by atoms with Crippen LogP contribution in [0.2, 0.25) is 0 Å². The molecule has 35 heavy (non-hydrogen) atoms. The van der Waals surface area contributed by atoms with Gasteiger partial charge in [0.2, 0.25) is 0 Å². The molecular formula is C27H46Na2O5S. The molecule has 0 heterocycles. The number of aliphatic hydroxyl groups is 1. The van der Waals surface area contributed by atoms with Crippen molar-refractivity contribution in [2.75, 3.05) is 0 Å². The summed E-state index contributed by atoms with van der Waals surface area (Å²) in [6, 6.07) is 0. The molecule has 4 aliphatic carbocycles. The van der Waals surface area contributed by atoms with E-state index in [1.807, 2.05) is 0 Å². The first-order chi connectivity index (χ1) is 18.0. The molecule has 0 radical (unpaired) electrons. The minimum absolute atomic E-state index is 0. The zero-order chi connectivity index (χ0) is 30.5. The molecule has 0 saturated heterocycles. The second-order valence-corrected chi connectivity index (χ2v) is 12.5. The number of allylic oxidation sites excluding steroid dienone is 1. The van der Waals surface area contributed by atoms with Gasteiger partial charge in [-0.2, -0.15) is 0 Å². The van der Waals surface area contributed by atoms with E-state index in [4.69, 9.17) is 27.1 Å². The summed E-state index contributed by atoms with van der Waals surface area (Å²) in [7, 11) is -5.17. The number of hydrogen-bond donors (Lipinski definition) is 1. The fourth-order valence-electron chi connectivity index (χ4n) is 8.42. The van der Waals surface area contributed by atoms with Crippen molar-refractivity contribution in [2.24, 2.45) is 46.3 Å². The second kappa shape index (κ2) is 13.8. The van der Waals surface area contributed by atoms with Crippen LogP contribution >= 0.6 is 0 Å². The summed E-state index contributed by atoms with van der Waals surface area (Å²) in [5.41, 5.74) is 2.03. The summed E-state index contributed by atoms with van der Waals surface area (Å²) in [5, 5.41) is 10.2.